The molecule has 0 aliphatic rings. The Hall–Kier alpha value is -1.12. The van der Waals surface area contributed by atoms with Crippen LogP contribution in [0.25, 0.3) is 0 Å². The summed E-state index contributed by atoms with van der Waals surface area (Å²) >= 11 is 2.74. The summed E-state index contributed by atoms with van der Waals surface area (Å²) in [6.45, 7) is 1.74. The predicted octanol–water partition coefficient (Wildman–Crippen LogP) is 2.42. The van der Waals surface area contributed by atoms with Crippen LogP contribution in [0.1, 0.15) is 27.2 Å². The number of thiophene rings is 1. The van der Waals surface area contributed by atoms with Gasteiger partial charge in [-0.15, -0.1) is 23.1 Å². The Balaban J connectivity index is 3.26. The third kappa shape index (κ3) is 2.28. The molecule has 1 aromatic heterocycles. The lowest BCUT2D eigenvalue weighted by Crippen LogP contribution is -2.01. The van der Waals surface area contributed by atoms with E-state index in [1.165, 1.54) is 23.1 Å². The Morgan fingerprint density at radius 1 is 1.67 bits per heavy atom. The summed E-state index contributed by atoms with van der Waals surface area (Å²) in [5, 5.41) is 8.83. The zero-order valence-corrected chi connectivity index (χ0v) is 10.00. The highest BCUT2D eigenvalue weighted by molar-refractivity contribution is 8.00. The number of ketones is 1. The summed E-state index contributed by atoms with van der Waals surface area (Å²) in [5.41, 5.74) is 1.23. The van der Waals surface area contributed by atoms with Gasteiger partial charge < -0.3 is 4.79 Å². The van der Waals surface area contributed by atoms with Crippen molar-refractivity contribution in [2.24, 2.45) is 0 Å². The van der Waals surface area contributed by atoms with Gasteiger partial charge in [0.2, 0.25) is 0 Å². The van der Waals surface area contributed by atoms with Crippen LogP contribution < -0.4 is 0 Å². The molecule has 0 aliphatic heterocycles. The van der Waals surface area contributed by atoms with Crippen LogP contribution in [-0.4, -0.2) is 18.3 Å². The van der Waals surface area contributed by atoms with Crippen molar-refractivity contribution in [3.8, 4) is 6.07 Å². The smallest absolute Gasteiger partial charge is 0.172 e. The average Bonchev–Trinajstić information content (AvgIpc) is 2.55. The van der Waals surface area contributed by atoms with Gasteiger partial charge in [0.15, 0.2) is 5.78 Å². The lowest BCUT2D eigenvalue weighted by atomic mass is 10.1. The molecule has 1 rings (SSSR count). The molecule has 78 valence electrons. The maximum Gasteiger partial charge on any atom is 0.172 e. The number of hydrogen-bond donors (Lipinski definition) is 0. The minimum atomic E-state index is -0.204. The van der Waals surface area contributed by atoms with Crippen molar-refractivity contribution in [1.29, 1.82) is 5.26 Å². The lowest BCUT2D eigenvalue weighted by molar-refractivity contribution is -0.107. The predicted molar refractivity (Wildman–Crippen MR) is 60.6 cm³/mol. The molecule has 0 bridgehead atoms. The van der Waals surface area contributed by atoms with E-state index >= 15 is 0 Å². The number of nitriles is 1. The molecule has 0 spiro atoms. The average molecular weight is 239 g/mol. The van der Waals surface area contributed by atoms with E-state index in [2.05, 4.69) is 6.07 Å². The molecule has 0 saturated carbocycles. The van der Waals surface area contributed by atoms with Gasteiger partial charge in [0.1, 0.15) is 17.2 Å². The molecule has 0 fully saturated rings. The van der Waals surface area contributed by atoms with Gasteiger partial charge in [-0.1, -0.05) is 0 Å². The molecule has 0 aliphatic carbocycles. The summed E-state index contributed by atoms with van der Waals surface area (Å²) in [7, 11) is 0. The van der Waals surface area contributed by atoms with Crippen LogP contribution in [0.2, 0.25) is 0 Å². The van der Waals surface area contributed by atoms with Crippen LogP contribution in [-0.2, 0) is 4.79 Å². The minimum absolute atomic E-state index is 0.115. The van der Waals surface area contributed by atoms with Gasteiger partial charge >= 0.3 is 0 Å². The summed E-state index contributed by atoms with van der Waals surface area (Å²) < 4.78 is 0.816. The first-order chi connectivity index (χ1) is 7.15. The molecular weight excluding hydrogens is 230 g/mol. The number of rotatable bonds is 4. The number of hydrogen-bond acceptors (Lipinski definition) is 5. The molecule has 0 radical (unpaired) electrons. The third-order valence-electron chi connectivity index (χ3n) is 1.95. The second-order valence-electron chi connectivity index (χ2n) is 2.83. The van der Waals surface area contributed by atoms with E-state index in [9.17, 15) is 9.59 Å². The Kier molecular flexibility index (Phi) is 4.06. The number of nitrogens with zero attached hydrogens (tertiary/aromatic N) is 1. The normalized spacial score (nSPS) is 9.67. The first kappa shape index (κ1) is 12.0. The lowest BCUT2D eigenvalue weighted by Gasteiger charge is -1.98. The van der Waals surface area contributed by atoms with Crippen LogP contribution in [0.3, 0.4) is 0 Å². The molecule has 1 aromatic rings. The topological polar surface area (TPSA) is 57.9 Å². The fourth-order valence-corrected chi connectivity index (χ4v) is 3.15. The molecule has 0 N–H and O–H groups in total. The van der Waals surface area contributed by atoms with E-state index in [0.717, 1.165) is 4.21 Å². The van der Waals surface area contributed by atoms with Crippen molar-refractivity contribution in [3.05, 3.63) is 16.0 Å². The van der Waals surface area contributed by atoms with E-state index in [-0.39, 0.29) is 12.2 Å². The standard InChI is InChI=1S/C10H9NO2S2/c1-6-8(5-11)15-10(14-2)9(6)7(13)3-4-12/h4H,3H2,1-2H3. The van der Waals surface area contributed by atoms with E-state index in [0.29, 0.717) is 22.3 Å². The first-order valence-electron chi connectivity index (χ1n) is 4.20. The van der Waals surface area contributed by atoms with Crippen LogP contribution in [0.4, 0.5) is 0 Å². The molecule has 0 atom stereocenters. The number of Topliss-reactive ketones (excluding diaryl/α,β-unsaturated/α-hetero) is 1. The molecule has 0 amide bonds. The highest BCUT2D eigenvalue weighted by Crippen LogP contribution is 2.34. The molecule has 3 nitrogen and oxygen atoms in total. The van der Waals surface area contributed by atoms with Crippen LogP contribution in [0.15, 0.2) is 4.21 Å². The van der Waals surface area contributed by atoms with Gasteiger partial charge in [0, 0.05) is 5.56 Å². The Morgan fingerprint density at radius 3 is 2.80 bits per heavy atom. The minimum Gasteiger partial charge on any atom is -0.303 e. The first-order valence-corrected chi connectivity index (χ1v) is 6.24. The highest BCUT2D eigenvalue weighted by atomic mass is 32.2. The Labute approximate surface area is 96.1 Å². The van der Waals surface area contributed by atoms with Crippen LogP contribution in [0.5, 0.6) is 0 Å². The monoisotopic (exact) mass is 239 g/mol. The summed E-state index contributed by atoms with van der Waals surface area (Å²) in [6.07, 6.45) is 2.33. The van der Waals surface area contributed by atoms with Crippen LogP contribution >= 0.6 is 23.1 Å². The van der Waals surface area contributed by atoms with Gasteiger partial charge in [-0.25, -0.2) is 0 Å². The largest absolute Gasteiger partial charge is 0.303 e. The number of aldehydes is 1. The zero-order valence-electron chi connectivity index (χ0n) is 8.36. The van der Waals surface area contributed by atoms with Gasteiger partial charge in [0.25, 0.3) is 0 Å². The number of thioether (sulfide) groups is 1. The zero-order chi connectivity index (χ0) is 11.4. The van der Waals surface area contributed by atoms with Gasteiger partial charge in [0.05, 0.1) is 10.6 Å². The summed E-state index contributed by atoms with van der Waals surface area (Å²) in [4.78, 5) is 22.5. The fourth-order valence-electron chi connectivity index (χ4n) is 1.24. The molecule has 5 heteroatoms. The van der Waals surface area contributed by atoms with Crippen molar-refractivity contribution in [2.45, 2.75) is 17.6 Å². The molecular formula is C10H9NO2S2. The van der Waals surface area contributed by atoms with E-state index in [1.807, 2.05) is 6.26 Å². The summed E-state index contributed by atoms with van der Waals surface area (Å²) in [5.74, 6) is -0.204. The summed E-state index contributed by atoms with van der Waals surface area (Å²) in [6, 6.07) is 2.05. The van der Waals surface area contributed by atoms with Crippen molar-refractivity contribution < 1.29 is 9.59 Å². The van der Waals surface area contributed by atoms with E-state index in [1.54, 1.807) is 6.92 Å². The molecule has 15 heavy (non-hydrogen) atoms. The van der Waals surface area contributed by atoms with Gasteiger partial charge in [-0.2, -0.15) is 5.26 Å². The second-order valence-corrected chi connectivity index (χ2v) is 4.92. The van der Waals surface area contributed by atoms with Crippen molar-refractivity contribution in [1.82, 2.24) is 0 Å². The maximum atomic E-state index is 11.6. The molecule has 1 heterocycles. The SMILES string of the molecule is CSc1sc(C#N)c(C)c1C(=O)CC=O. The number of carbonyl (C=O) groups is 2. The van der Waals surface area contributed by atoms with E-state index < -0.39 is 0 Å². The highest BCUT2D eigenvalue weighted by Gasteiger charge is 2.19. The van der Waals surface area contributed by atoms with Crippen LogP contribution in [0, 0.1) is 18.3 Å². The quantitative estimate of drug-likeness (QED) is 0.350. The van der Waals surface area contributed by atoms with Crippen molar-refractivity contribution in [2.75, 3.05) is 6.26 Å². The third-order valence-corrected chi connectivity index (χ3v) is 4.27. The van der Waals surface area contributed by atoms with Gasteiger partial charge in [-0.05, 0) is 18.7 Å². The van der Waals surface area contributed by atoms with Crippen molar-refractivity contribution >= 4 is 35.2 Å². The maximum absolute atomic E-state index is 11.6. The molecule has 0 saturated heterocycles. The second kappa shape index (κ2) is 5.10. The molecule has 0 unspecified atom stereocenters. The molecule has 0 aromatic carbocycles. The number of carbonyl (C=O) groups excluding carboxylic acids is 2. The van der Waals surface area contributed by atoms with Crippen molar-refractivity contribution in [3.63, 3.8) is 0 Å². The van der Waals surface area contributed by atoms with E-state index in [4.69, 9.17) is 5.26 Å². The fraction of sp³-hybridized carbons (Fsp3) is 0.300. The Morgan fingerprint density at radius 2 is 2.33 bits per heavy atom. The Bertz CT molecular complexity index is 443. The van der Waals surface area contributed by atoms with Gasteiger partial charge in [-0.3, -0.25) is 4.79 Å².